The molecule has 0 bridgehead atoms. The molecule has 0 unspecified atom stereocenters. The van der Waals surface area contributed by atoms with Gasteiger partial charge in [-0.1, -0.05) is 121 Å². The summed E-state index contributed by atoms with van der Waals surface area (Å²) in [6.45, 7) is 0. The maximum Gasteiger partial charge on any atom is 0.227 e. The van der Waals surface area contributed by atoms with Crippen LogP contribution in [0, 0.1) is 0 Å². The van der Waals surface area contributed by atoms with Crippen LogP contribution in [0.15, 0.2) is 150 Å². The minimum atomic E-state index is 0.621. The van der Waals surface area contributed by atoms with Crippen LogP contribution in [0.5, 0.6) is 0 Å². The van der Waals surface area contributed by atoms with E-state index in [1.807, 2.05) is 97.1 Å². The molecule has 5 heteroatoms. The Hall–Kier alpha value is -6.20. The van der Waals surface area contributed by atoms with Gasteiger partial charge in [0.2, 0.25) is 5.89 Å². The molecule has 45 heavy (non-hydrogen) atoms. The van der Waals surface area contributed by atoms with E-state index in [0.29, 0.717) is 23.4 Å². The zero-order valence-electron chi connectivity index (χ0n) is 24.1. The first-order valence-electron chi connectivity index (χ1n) is 14.9. The Morgan fingerprint density at radius 2 is 0.889 bits per heavy atom. The van der Waals surface area contributed by atoms with E-state index in [0.717, 1.165) is 65.7 Å². The number of aromatic nitrogens is 4. The van der Waals surface area contributed by atoms with Crippen molar-refractivity contribution in [3.8, 4) is 45.6 Å². The number of benzene rings is 7. The molecule has 0 saturated heterocycles. The molecule has 9 rings (SSSR count). The van der Waals surface area contributed by atoms with Crippen molar-refractivity contribution in [2.45, 2.75) is 0 Å². The van der Waals surface area contributed by atoms with Crippen LogP contribution in [0.2, 0.25) is 0 Å². The van der Waals surface area contributed by atoms with E-state index in [9.17, 15) is 0 Å². The second kappa shape index (κ2) is 10.2. The van der Waals surface area contributed by atoms with Gasteiger partial charge in [-0.25, -0.2) is 19.9 Å². The summed E-state index contributed by atoms with van der Waals surface area (Å²) >= 11 is 0. The largest absolute Gasteiger partial charge is 0.435 e. The van der Waals surface area contributed by atoms with Crippen molar-refractivity contribution in [3.63, 3.8) is 0 Å². The fourth-order valence-electron chi connectivity index (χ4n) is 6.13. The normalized spacial score (nSPS) is 11.6. The predicted molar refractivity (Wildman–Crippen MR) is 182 cm³/mol. The number of hydrogen-bond donors (Lipinski definition) is 0. The standard InChI is InChI=1S/C40H24N4O/c1-4-10-27(11-5-1)37-42-38(28-12-6-2-7-13-28)44-39(43-37)31-20-22-32-30(24-31)19-18-25-16-17-26-21-23-33-36(35(26)34(25)32)45-40(41-33)29-14-8-3-9-15-29/h1-24H. The Bertz CT molecular complexity index is 2470. The van der Waals surface area contributed by atoms with Crippen molar-refractivity contribution >= 4 is 43.4 Å². The summed E-state index contributed by atoms with van der Waals surface area (Å²) in [7, 11) is 0. The van der Waals surface area contributed by atoms with Crippen LogP contribution < -0.4 is 0 Å². The number of rotatable bonds is 4. The van der Waals surface area contributed by atoms with Crippen LogP contribution in [-0.2, 0) is 0 Å². The highest BCUT2D eigenvalue weighted by atomic mass is 16.3. The second-order valence-corrected chi connectivity index (χ2v) is 11.1. The molecule has 2 aromatic heterocycles. The summed E-state index contributed by atoms with van der Waals surface area (Å²) in [6.07, 6.45) is 0. The topological polar surface area (TPSA) is 64.7 Å². The van der Waals surface area contributed by atoms with Gasteiger partial charge in [0.1, 0.15) is 5.52 Å². The van der Waals surface area contributed by atoms with E-state index in [2.05, 4.69) is 48.5 Å². The summed E-state index contributed by atoms with van der Waals surface area (Å²) in [5.74, 6) is 2.54. The zero-order valence-corrected chi connectivity index (χ0v) is 24.1. The molecule has 9 aromatic rings. The van der Waals surface area contributed by atoms with Crippen LogP contribution in [0.25, 0.3) is 89.0 Å². The Morgan fingerprint density at radius 1 is 0.378 bits per heavy atom. The summed E-state index contributed by atoms with van der Waals surface area (Å²) < 4.78 is 6.49. The Kier molecular flexibility index (Phi) is 5.74. The highest BCUT2D eigenvalue weighted by Crippen LogP contribution is 2.39. The van der Waals surface area contributed by atoms with Gasteiger partial charge in [0.25, 0.3) is 0 Å². The monoisotopic (exact) mass is 576 g/mol. The molecule has 2 heterocycles. The number of nitrogens with zero attached hydrogens (tertiary/aromatic N) is 4. The summed E-state index contributed by atoms with van der Waals surface area (Å²) in [4.78, 5) is 19.6. The minimum absolute atomic E-state index is 0.621. The Labute approximate surface area is 258 Å². The molecule has 0 spiro atoms. The van der Waals surface area contributed by atoms with Gasteiger partial charge in [-0.05, 0) is 45.8 Å². The molecule has 0 aliphatic rings. The highest BCUT2D eigenvalue weighted by Gasteiger charge is 2.17. The van der Waals surface area contributed by atoms with Crippen LogP contribution in [-0.4, -0.2) is 19.9 Å². The van der Waals surface area contributed by atoms with E-state index in [4.69, 9.17) is 24.4 Å². The van der Waals surface area contributed by atoms with Crippen molar-refractivity contribution in [2.24, 2.45) is 0 Å². The van der Waals surface area contributed by atoms with Crippen molar-refractivity contribution in [2.75, 3.05) is 0 Å². The van der Waals surface area contributed by atoms with Gasteiger partial charge in [0.15, 0.2) is 23.1 Å². The molecular formula is C40H24N4O. The van der Waals surface area contributed by atoms with E-state index in [-0.39, 0.29) is 0 Å². The van der Waals surface area contributed by atoms with Gasteiger partial charge in [0.05, 0.1) is 0 Å². The molecular weight excluding hydrogens is 552 g/mol. The number of hydrogen-bond acceptors (Lipinski definition) is 5. The minimum Gasteiger partial charge on any atom is -0.435 e. The van der Waals surface area contributed by atoms with Gasteiger partial charge in [0, 0.05) is 33.0 Å². The first-order valence-corrected chi connectivity index (χ1v) is 14.9. The summed E-state index contributed by atoms with van der Waals surface area (Å²) in [5, 5.41) is 6.69. The molecule has 7 aromatic carbocycles. The number of fused-ring (bicyclic) bond motifs is 7. The predicted octanol–water partition coefficient (Wildman–Crippen LogP) is 10.1. The fourth-order valence-corrected chi connectivity index (χ4v) is 6.13. The molecule has 0 amide bonds. The van der Waals surface area contributed by atoms with Gasteiger partial charge in [-0.2, -0.15) is 0 Å². The Balaban J connectivity index is 1.26. The maximum atomic E-state index is 6.49. The Morgan fingerprint density at radius 3 is 1.51 bits per heavy atom. The van der Waals surface area contributed by atoms with Gasteiger partial charge < -0.3 is 4.42 Å². The lowest BCUT2D eigenvalue weighted by molar-refractivity contribution is 0.623. The van der Waals surface area contributed by atoms with Gasteiger partial charge >= 0.3 is 0 Å². The second-order valence-electron chi connectivity index (χ2n) is 11.1. The van der Waals surface area contributed by atoms with E-state index in [1.54, 1.807) is 0 Å². The highest BCUT2D eigenvalue weighted by molar-refractivity contribution is 6.26. The maximum absolute atomic E-state index is 6.49. The third kappa shape index (κ3) is 4.33. The average molecular weight is 577 g/mol. The third-order valence-electron chi connectivity index (χ3n) is 8.31. The molecule has 0 fully saturated rings. The molecule has 210 valence electrons. The zero-order chi connectivity index (χ0) is 29.7. The molecule has 5 nitrogen and oxygen atoms in total. The van der Waals surface area contributed by atoms with Crippen LogP contribution in [0.3, 0.4) is 0 Å². The molecule has 0 saturated carbocycles. The lowest BCUT2D eigenvalue weighted by Crippen LogP contribution is -2.00. The van der Waals surface area contributed by atoms with Crippen molar-refractivity contribution in [3.05, 3.63) is 146 Å². The van der Waals surface area contributed by atoms with Crippen LogP contribution >= 0.6 is 0 Å². The van der Waals surface area contributed by atoms with Gasteiger partial charge in [-0.15, -0.1) is 0 Å². The molecule has 0 radical (unpaired) electrons. The lowest BCUT2D eigenvalue weighted by atomic mass is 9.95. The van der Waals surface area contributed by atoms with Crippen LogP contribution in [0.4, 0.5) is 0 Å². The first kappa shape index (κ1) is 25.3. The van der Waals surface area contributed by atoms with E-state index < -0.39 is 0 Å². The van der Waals surface area contributed by atoms with Crippen LogP contribution in [0.1, 0.15) is 0 Å². The molecule has 0 atom stereocenters. The smallest absolute Gasteiger partial charge is 0.227 e. The first-order chi connectivity index (χ1) is 22.3. The molecule has 0 N–H and O–H groups in total. The van der Waals surface area contributed by atoms with E-state index in [1.165, 1.54) is 0 Å². The SMILES string of the molecule is c1ccc(-c2nc(-c3ccccc3)nc(-c3ccc4c(ccc5ccc6ccc7nc(-c8ccccc8)oc7c6c54)c3)n2)cc1. The fraction of sp³-hybridized carbons (Fsp3) is 0. The molecule has 0 aliphatic heterocycles. The molecule has 0 aliphatic carbocycles. The third-order valence-corrected chi connectivity index (χ3v) is 8.31. The van der Waals surface area contributed by atoms with Crippen molar-refractivity contribution in [1.82, 2.24) is 19.9 Å². The number of oxazole rings is 1. The lowest BCUT2D eigenvalue weighted by Gasteiger charge is -2.11. The van der Waals surface area contributed by atoms with Gasteiger partial charge in [-0.3, -0.25) is 0 Å². The quantitative estimate of drug-likeness (QED) is 0.195. The van der Waals surface area contributed by atoms with E-state index >= 15 is 0 Å². The van der Waals surface area contributed by atoms with Crippen molar-refractivity contribution in [1.29, 1.82) is 0 Å². The summed E-state index contributed by atoms with van der Waals surface area (Å²) in [5.41, 5.74) is 5.42. The summed E-state index contributed by atoms with van der Waals surface area (Å²) in [6, 6.07) is 49.4. The van der Waals surface area contributed by atoms with Crippen molar-refractivity contribution < 1.29 is 4.42 Å². The average Bonchev–Trinajstić information content (AvgIpc) is 3.57.